The first kappa shape index (κ1) is 23.9. The highest BCUT2D eigenvalue weighted by Crippen LogP contribution is 2.27. The Labute approximate surface area is 203 Å². The molecule has 2 fully saturated rings. The van der Waals surface area contributed by atoms with E-state index in [2.05, 4.69) is 25.6 Å². The Morgan fingerprint density at radius 1 is 1.03 bits per heavy atom. The summed E-state index contributed by atoms with van der Waals surface area (Å²) in [4.78, 5) is 17.8. The summed E-state index contributed by atoms with van der Waals surface area (Å²) in [6.45, 7) is 3.01. The lowest BCUT2D eigenvalue weighted by Gasteiger charge is -2.41. The van der Waals surface area contributed by atoms with E-state index in [9.17, 15) is 13.2 Å². The van der Waals surface area contributed by atoms with E-state index in [-0.39, 0.29) is 10.1 Å². The number of nitrogens with one attached hydrogen (secondary N) is 1. The molecule has 6 nitrogen and oxygen atoms in total. The van der Waals surface area contributed by atoms with E-state index in [0.29, 0.717) is 25.6 Å². The molecular formula is C23H30BrN3O3S2. The zero-order valence-corrected chi connectivity index (χ0v) is 21.3. The number of halogens is 1. The first-order valence-electron chi connectivity index (χ1n) is 11.3. The third kappa shape index (κ3) is 5.99. The number of rotatable bonds is 7. The van der Waals surface area contributed by atoms with Crippen molar-refractivity contribution >= 4 is 43.2 Å². The summed E-state index contributed by atoms with van der Waals surface area (Å²) in [5.74, 6) is -0.142. The smallest absolute Gasteiger partial charge is 0.250 e. The van der Waals surface area contributed by atoms with Crippen molar-refractivity contribution in [3.05, 3.63) is 51.8 Å². The van der Waals surface area contributed by atoms with Crippen molar-refractivity contribution in [2.75, 3.05) is 26.2 Å². The quantitative estimate of drug-likeness (QED) is 0.579. The van der Waals surface area contributed by atoms with Crippen LogP contribution in [0.25, 0.3) is 0 Å². The van der Waals surface area contributed by atoms with E-state index in [0.717, 1.165) is 33.8 Å². The molecule has 0 radical (unpaired) electrons. The predicted molar refractivity (Wildman–Crippen MR) is 131 cm³/mol. The van der Waals surface area contributed by atoms with E-state index in [1.807, 2.05) is 35.2 Å². The predicted octanol–water partition coefficient (Wildman–Crippen LogP) is 3.88. The lowest BCUT2D eigenvalue weighted by molar-refractivity contribution is -0.135. The molecule has 1 saturated carbocycles. The molecule has 1 amide bonds. The zero-order chi connectivity index (χ0) is 22.6. The first-order chi connectivity index (χ1) is 15.4. The maximum atomic E-state index is 13.5. The molecule has 9 heteroatoms. The molecule has 4 rings (SSSR count). The number of carbonyl (C=O) groups excluding carboxylic acids is 1. The summed E-state index contributed by atoms with van der Waals surface area (Å²) in [6, 6.07) is 12.7. The monoisotopic (exact) mass is 539 g/mol. The SMILES string of the molecule is O=C([C@H](Cc1ccccc1)NS(=O)(=O)c1ccc(Br)s1)N1CCN(C2CCCCC2)CC1. The van der Waals surface area contributed by atoms with E-state index in [1.54, 1.807) is 12.1 Å². The number of carbonyl (C=O) groups is 1. The van der Waals surface area contributed by atoms with Crippen molar-refractivity contribution in [1.29, 1.82) is 0 Å². The van der Waals surface area contributed by atoms with Crippen molar-refractivity contribution in [2.24, 2.45) is 0 Å². The Hall–Kier alpha value is -1.26. The Balaban J connectivity index is 1.46. The molecule has 1 atom stereocenters. The fourth-order valence-corrected chi connectivity index (χ4v) is 7.91. The molecule has 32 heavy (non-hydrogen) atoms. The molecule has 1 N–H and O–H groups in total. The van der Waals surface area contributed by atoms with Crippen LogP contribution in [-0.4, -0.2) is 62.4 Å². The third-order valence-corrected chi connectivity index (χ3v) is 10.00. The molecule has 174 valence electrons. The Kier molecular flexibility index (Phi) is 8.04. The van der Waals surface area contributed by atoms with Gasteiger partial charge in [-0.25, -0.2) is 8.42 Å². The number of nitrogens with zero attached hydrogens (tertiary/aromatic N) is 2. The second-order valence-electron chi connectivity index (χ2n) is 8.58. The molecule has 1 aliphatic heterocycles. The Morgan fingerprint density at radius 3 is 2.34 bits per heavy atom. The van der Waals surface area contributed by atoms with Gasteiger partial charge in [0.15, 0.2) is 0 Å². The van der Waals surface area contributed by atoms with Gasteiger partial charge in [0, 0.05) is 32.2 Å². The van der Waals surface area contributed by atoms with Crippen LogP contribution >= 0.6 is 27.3 Å². The summed E-state index contributed by atoms with van der Waals surface area (Å²) >= 11 is 4.46. The zero-order valence-electron chi connectivity index (χ0n) is 18.1. The minimum absolute atomic E-state index is 0.142. The van der Waals surface area contributed by atoms with Gasteiger partial charge in [0.2, 0.25) is 5.91 Å². The van der Waals surface area contributed by atoms with Crippen LogP contribution < -0.4 is 4.72 Å². The van der Waals surface area contributed by atoms with Crippen LogP contribution in [0.2, 0.25) is 0 Å². The van der Waals surface area contributed by atoms with E-state index < -0.39 is 16.1 Å². The highest BCUT2D eigenvalue weighted by atomic mass is 79.9. The molecule has 0 unspecified atom stereocenters. The number of thiophene rings is 1. The molecule has 1 aromatic carbocycles. The normalized spacial score (nSPS) is 19.7. The van der Waals surface area contributed by atoms with Crippen molar-refractivity contribution in [3.8, 4) is 0 Å². The number of hydrogen-bond donors (Lipinski definition) is 1. The molecule has 0 spiro atoms. The molecule has 1 aliphatic carbocycles. The van der Waals surface area contributed by atoms with Gasteiger partial charge >= 0.3 is 0 Å². The number of sulfonamides is 1. The fourth-order valence-electron chi connectivity index (χ4n) is 4.69. The van der Waals surface area contributed by atoms with Crippen LogP contribution in [-0.2, 0) is 21.2 Å². The number of hydrogen-bond acceptors (Lipinski definition) is 5. The molecule has 2 aliphatic rings. The summed E-state index contributed by atoms with van der Waals surface area (Å²) in [5, 5.41) is 0. The molecular weight excluding hydrogens is 510 g/mol. The Bertz CT molecular complexity index is 999. The topological polar surface area (TPSA) is 69.7 Å². The van der Waals surface area contributed by atoms with Crippen molar-refractivity contribution in [2.45, 2.75) is 54.8 Å². The second kappa shape index (κ2) is 10.8. The average Bonchev–Trinajstić information content (AvgIpc) is 3.27. The number of benzene rings is 1. The van der Waals surface area contributed by atoms with Crippen molar-refractivity contribution < 1.29 is 13.2 Å². The van der Waals surface area contributed by atoms with Gasteiger partial charge in [-0.05, 0) is 52.9 Å². The van der Waals surface area contributed by atoms with Gasteiger partial charge < -0.3 is 4.90 Å². The third-order valence-electron chi connectivity index (χ3n) is 6.41. The summed E-state index contributed by atoms with van der Waals surface area (Å²) in [6.07, 6.45) is 6.75. The molecule has 1 aromatic heterocycles. The summed E-state index contributed by atoms with van der Waals surface area (Å²) in [5.41, 5.74) is 0.932. The van der Waals surface area contributed by atoms with Gasteiger partial charge in [-0.1, -0.05) is 49.6 Å². The second-order valence-corrected chi connectivity index (χ2v) is 13.0. The highest BCUT2D eigenvalue weighted by Gasteiger charge is 2.33. The van der Waals surface area contributed by atoms with E-state index >= 15 is 0 Å². The van der Waals surface area contributed by atoms with Crippen molar-refractivity contribution in [1.82, 2.24) is 14.5 Å². The standard InChI is InChI=1S/C23H30BrN3O3S2/c24-21-11-12-22(31-21)32(29,30)25-20(17-18-7-3-1-4-8-18)23(28)27-15-13-26(14-16-27)19-9-5-2-6-10-19/h1,3-4,7-8,11-12,19-20,25H,2,5-6,9-10,13-17H2/t20-/m0/s1. The largest absolute Gasteiger partial charge is 0.339 e. The first-order valence-corrected chi connectivity index (χ1v) is 14.4. The average molecular weight is 541 g/mol. The van der Waals surface area contributed by atoms with Crippen LogP contribution in [0.5, 0.6) is 0 Å². The maximum absolute atomic E-state index is 13.5. The fraction of sp³-hybridized carbons (Fsp3) is 0.522. The van der Waals surface area contributed by atoms with Crippen LogP contribution in [0.3, 0.4) is 0 Å². The lowest BCUT2D eigenvalue weighted by Crippen LogP contribution is -2.57. The minimum Gasteiger partial charge on any atom is -0.339 e. The van der Waals surface area contributed by atoms with E-state index in [1.165, 1.54) is 32.1 Å². The summed E-state index contributed by atoms with van der Waals surface area (Å²) in [7, 11) is -3.79. The van der Waals surface area contributed by atoms with E-state index in [4.69, 9.17) is 0 Å². The molecule has 2 aromatic rings. The van der Waals surface area contributed by atoms with Gasteiger partial charge in [0.25, 0.3) is 10.0 Å². The maximum Gasteiger partial charge on any atom is 0.250 e. The van der Waals surface area contributed by atoms with Gasteiger partial charge in [0.1, 0.15) is 10.3 Å². The van der Waals surface area contributed by atoms with Crippen molar-refractivity contribution in [3.63, 3.8) is 0 Å². The molecule has 1 saturated heterocycles. The minimum atomic E-state index is -3.79. The summed E-state index contributed by atoms with van der Waals surface area (Å²) < 4.78 is 29.6. The van der Waals surface area contributed by atoms with Gasteiger partial charge in [-0.3, -0.25) is 9.69 Å². The Morgan fingerprint density at radius 2 is 1.72 bits per heavy atom. The number of amides is 1. The van der Waals surface area contributed by atoms with Gasteiger partial charge in [-0.2, -0.15) is 4.72 Å². The van der Waals surface area contributed by atoms with Crippen LogP contribution in [0, 0.1) is 0 Å². The molecule has 2 heterocycles. The van der Waals surface area contributed by atoms with Crippen LogP contribution in [0.15, 0.2) is 50.5 Å². The van der Waals surface area contributed by atoms with Gasteiger partial charge in [-0.15, -0.1) is 11.3 Å². The van der Waals surface area contributed by atoms with Crippen LogP contribution in [0.1, 0.15) is 37.7 Å². The highest BCUT2D eigenvalue weighted by molar-refractivity contribution is 9.11. The lowest BCUT2D eigenvalue weighted by atomic mass is 9.94. The van der Waals surface area contributed by atoms with Crippen LogP contribution in [0.4, 0.5) is 0 Å². The van der Waals surface area contributed by atoms with Gasteiger partial charge in [0.05, 0.1) is 3.79 Å². The molecule has 0 bridgehead atoms. The number of piperazine rings is 1.